The number of aryl methyl sites for hydroxylation is 1. The van der Waals surface area contributed by atoms with Crippen LogP contribution in [0.15, 0.2) is 42.5 Å². The van der Waals surface area contributed by atoms with Gasteiger partial charge in [-0.25, -0.2) is 4.39 Å². The highest BCUT2D eigenvalue weighted by Gasteiger charge is 2.34. The molecule has 6 heteroatoms. The Hall–Kier alpha value is -2.40. The van der Waals surface area contributed by atoms with Gasteiger partial charge in [0.2, 0.25) is 11.8 Å². The molecule has 0 radical (unpaired) electrons. The highest BCUT2D eigenvalue weighted by Crippen LogP contribution is 2.25. The third kappa shape index (κ3) is 3.99. The van der Waals surface area contributed by atoms with Gasteiger partial charge >= 0.3 is 0 Å². The first kappa shape index (κ1) is 17.4. The van der Waals surface area contributed by atoms with Gasteiger partial charge in [-0.05, 0) is 42.3 Å². The van der Waals surface area contributed by atoms with E-state index in [-0.39, 0.29) is 24.1 Å². The highest BCUT2D eigenvalue weighted by atomic mass is 35.5. The van der Waals surface area contributed by atoms with Crippen LogP contribution >= 0.6 is 11.6 Å². The zero-order valence-electron chi connectivity index (χ0n) is 13.8. The van der Waals surface area contributed by atoms with E-state index in [1.807, 2.05) is 18.2 Å². The van der Waals surface area contributed by atoms with Crippen molar-refractivity contribution in [3.63, 3.8) is 0 Å². The number of nitrogens with one attached hydrogen (secondary N) is 1. The minimum Gasteiger partial charge on any atom is -0.337 e. The lowest BCUT2D eigenvalue weighted by molar-refractivity contribution is -0.128. The van der Waals surface area contributed by atoms with Gasteiger partial charge in [0, 0.05) is 30.2 Å². The van der Waals surface area contributed by atoms with Crippen LogP contribution in [-0.4, -0.2) is 23.3 Å². The first-order valence-corrected chi connectivity index (χ1v) is 8.40. The van der Waals surface area contributed by atoms with E-state index >= 15 is 0 Å². The molecule has 0 spiro atoms. The largest absolute Gasteiger partial charge is 0.337 e. The fraction of sp³-hybridized carbons (Fsp3) is 0.263. The Kier molecular flexibility index (Phi) is 5.04. The summed E-state index contributed by atoms with van der Waals surface area (Å²) in [5.41, 5.74) is 2.06. The van der Waals surface area contributed by atoms with Gasteiger partial charge in [0.15, 0.2) is 0 Å². The highest BCUT2D eigenvalue weighted by molar-refractivity contribution is 6.31. The van der Waals surface area contributed by atoms with Crippen LogP contribution in [0.4, 0.5) is 10.1 Å². The number of hydrogen-bond donors (Lipinski definition) is 1. The van der Waals surface area contributed by atoms with Crippen LogP contribution in [0, 0.1) is 18.7 Å². The van der Waals surface area contributed by atoms with Gasteiger partial charge in [0.1, 0.15) is 5.82 Å². The molecule has 0 unspecified atom stereocenters. The molecule has 2 aromatic rings. The molecule has 0 aliphatic carbocycles. The van der Waals surface area contributed by atoms with Gasteiger partial charge < -0.3 is 10.2 Å². The quantitative estimate of drug-likeness (QED) is 0.902. The molecule has 1 saturated heterocycles. The normalized spacial score (nSPS) is 17.0. The Labute approximate surface area is 150 Å². The van der Waals surface area contributed by atoms with Crippen LogP contribution in [0.2, 0.25) is 5.02 Å². The maximum absolute atomic E-state index is 13.2. The van der Waals surface area contributed by atoms with Gasteiger partial charge in [-0.15, -0.1) is 0 Å². The molecule has 3 rings (SSSR count). The van der Waals surface area contributed by atoms with Crippen molar-refractivity contribution in [3.8, 4) is 0 Å². The molecule has 0 aromatic heterocycles. The van der Waals surface area contributed by atoms with Gasteiger partial charge in [0.05, 0.1) is 5.92 Å². The van der Waals surface area contributed by atoms with E-state index in [4.69, 9.17) is 11.6 Å². The fourth-order valence-electron chi connectivity index (χ4n) is 2.93. The Balaban J connectivity index is 1.65. The summed E-state index contributed by atoms with van der Waals surface area (Å²) in [5.74, 6) is -1.09. The fourth-order valence-corrected chi connectivity index (χ4v) is 3.13. The van der Waals surface area contributed by atoms with Gasteiger partial charge in [-0.1, -0.05) is 29.8 Å². The Bertz CT molecular complexity index is 825. The minimum atomic E-state index is -0.431. The summed E-state index contributed by atoms with van der Waals surface area (Å²) in [5, 5.41) is 3.39. The van der Waals surface area contributed by atoms with E-state index in [2.05, 4.69) is 5.32 Å². The van der Waals surface area contributed by atoms with E-state index in [0.29, 0.717) is 29.4 Å². The summed E-state index contributed by atoms with van der Waals surface area (Å²) in [4.78, 5) is 26.3. The van der Waals surface area contributed by atoms with Crippen LogP contribution in [-0.2, 0) is 16.1 Å². The van der Waals surface area contributed by atoms with Crippen molar-refractivity contribution in [2.75, 3.05) is 11.9 Å². The first-order chi connectivity index (χ1) is 11.9. The number of hydrogen-bond acceptors (Lipinski definition) is 2. The SMILES string of the molecule is Cc1cc(F)ccc1NC(=O)[C@H]1CC(=O)N(Cc2ccccc2Cl)C1. The molecule has 1 heterocycles. The summed E-state index contributed by atoms with van der Waals surface area (Å²) in [6.07, 6.45) is 0.163. The van der Waals surface area contributed by atoms with E-state index in [1.165, 1.54) is 18.2 Å². The predicted octanol–water partition coefficient (Wildman–Crippen LogP) is 3.77. The average molecular weight is 361 g/mol. The number of likely N-dealkylation sites (tertiary alicyclic amines) is 1. The molecule has 1 aliphatic rings. The van der Waals surface area contributed by atoms with E-state index in [0.717, 1.165) is 5.56 Å². The smallest absolute Gasteiger partial charge is 0.229 e. The summed E-state index contributed by atoms with van der Waals surface area (Å²) in [6.45, 7) is 2.45. The van der Waals surface area contributed by atoms with Crippen LogP contribution in [0.25, 0.3) is 0 Å². The zero-order chi connectivity index (χ0) is 18.0. The van der Waals surface area contributed by atoms with Crippen molar-refractivity contribution in [2.24, 2.45) is 5.92 Å². The van der Waals surface area contributed by atoms with E-state index < -0.39 is 5.92 Å². The van der Waals surface area contributed by atoms with Crippen molar-refractivity contribution in [1.82, 2.24) is 4.90 Å². The van der Waals surface area contributed by atoms with E-state index in [9.17, 15) is 14.0 Å². The second-order valence-electron chi connectivity index (χ2n) is 6.22. The zero-order valence-corrected chi connectivity index (χ0v) is 14.5. The van der Waals surface area contributed by atoms with Crippen LogP contribution in [0.1, 0.15) is 17.5 Å². The lowest BCUT2D eigenvalue weighted by Gasteiger charge is -2.17. The molecule has 2 amide bonds. The van der Waals surface area contributed by atoms with Gasteiger partial charge in [0.25, 0.3) is 0 Å². The molecule has 4 nitrogen and oxygen atoms in total. The number of carbonyl (C=O) groups excluding carboxylic acids is 2. The van der Waals surface area contributed by atoms with Gasteiger partial charge in [-0.2, -0.15) is 0 Å². The third-order valence-corrected chi connectivity index (χ3v) is 4.72. The summed E-state index contributed by atoms with van der Waals surface area (Å²) in [7, 11) is 0. The van der Waals surface area contributed by atoms with Gasteiger partial charge in [-0.3, -0.25) is 9.59 Å². The number of anilines is 1. The standard InChI is InChI=1S/C19H18ClFN2O2/c1-12-8-15(21)6-7-17(12)22-19(25)14-9-18(24)23(11-14)10-13-4-2-3-5-16(13)20/h2-8,14H,9-11H2,1H3,(H,22,25)/t14-/m0/s1. The lowest BCUT2D eigenvalue weighted by Crippen LogP contribution is -2.28. The molecule has 25 heavy (non-hydrogen) atoms. The lowest BCUT2D eigenvalue weighted by atomic mass is 10.1. The molecule has 1 atom stereocenters. The maximum atomic E-state index is 13.2. The number of carbonyl (C=O) groups is 2. The summed E-state index contributed by atoms with van der Waals surface area (Å²) >= 11 is 6.14. The number of benzene rings is 2. The molecule has 0 saturated carbocycles. The number of rotatable bonds is 4. The Morgan fingerprint density at radius 3 is 2.80 bits per heavy atom. The van der Waals surface area contributed by atoms with Crippen molar-refractivity contribution >= 4 is 29.1 Å². The monoisotopic (exact) mass is 360 g/mol. The molecule has 1 N–H and O–H groups in total. The second kappa shape index (κ2) is 7.23. The minimum absolute atomic E-state index is 0.0732. The number of amides is 2. The van der Waals surface area contributed by atoms with Crippen molar-refractivity contribution in [2.45, 2.75) is 19.9 Å². The molecule has 130 valence electrons. The van der Waals surface area contributed by atoms with Crippen LogP contribution < -0.4 is 5.32 Å². The molecule has 0 bridgehead atoms. The average Bonchev–Trinajstić information content (AvgIpc) is 2.93. The Morgan fingerprint density at radius 2 is 2.08 bits per heavy atom. The van der Waals surface area contributed by atoms with Crippen molar-refractivity contribution < 1.29 is 14.0 Å². The van der Waals surface area contributed by atoms with Crippen LogP contribution in [0.5, 0.6) is 0 Å². The molecule has 1 fully saturated rings. The molecular weight excluding hydrogens is 343 g/mol. The topological polar surface area (TPSA) is 49.4 Å². The maximum Gasteiger partial charge on any atom is 0.229 e. The van der Waals surface area contributed by atoms with Crippen molar-refractivity contribution in [1.29, 1.82) is 0 Å². The number of halogens is 2. The Morgan fingerprint density at radius 1 is 1.32 bits per heavy atom. The third-order valence-electron chi connectivity index (χ3n) is 4.35. The molecule has 2 aromatic carbocycles. The molecular formula is C19H18ClFN2O2. The number of nitrogens with zero attached hydrogens (tertiary/aromatic N) is 1. The summed E-state index contributed by atoms with van der Waals surface area (Å²) < 4.78 is 13.2. The van der Waals surface area contributed by atoms with Crippen LogP contribution in [0.3, 0.4) is 0 Å². The second-order valence-corrected chi connectivity index (χ2v) is 6.62. The molecule has 1 aliphatic heterocycles. The predicted molar refractivity (Wildman–Crippen MR) is 94.7 cm³/mol. The first-order valence-electron chi connectivity index (χ1n) is 8.02. The summed E-state index contributed by atoms with van der Waals surface area (Å²) in [6, 6.07) is 11.5. The van der Waals surface area contributed by atoms with Crippen molar-refractivity contribution in [3.05, 3.63) is 64.4 Å². The van der Waals surface area contributed by atoms with E-state index in [1.54, 1.807) is 17.9 Å².